The number of aliphatic imine (C=N–C) groups is 3. The first-order valence-corrected chi connectivity index (χ1v) is 9.90. The lowest BCUT2D eigenvalue weighted by atomic mass is 9.95. The fourth-order valence-electron chi connectivity index (χ4n) is 3.53. The predicted molar refractivity (Wildman–Crippen MR) is 126 cm³/mol. The van der Waals surface area contributed by atoms with Crippen molar-refractivity contribution in [3.63, 3.8) is 0 Å². The molecule has 2 aliphatic rings. The number of hydrogen-bond acceptors (Lipinski definition) is 7. The van der Waals surface area contributed by atoms with Crippen LogP contribution >= 0.6 is 0 Å². The summed E-state index contributed by atoms with van der Waals surface area (Å²) in [6.07, 6.45) is 7.40. The Kier molecular flexibility index (Phi) is 7.02. The third-order valence-electron chi connectivity index (χ3n) is 5.24. The molecule has 3 rings (SSSR count). The molecule has 31 heavy (non-hydrogen) atoms. The molecule has 1 fully saturated rings. The highest BCUT2D eigenvalue weighted by atomic mass is 19.1. The van der Waals surface area contributed by atoms with Gasteiger partial charge in [0.15, 0.2) is 0 Å². The molecule has 2 N–H and O–H groups in total. The van der Waals surface area contributed by atoms with Gasteiger partial charge in [-0.25, -0.2) is 4.98 Å². The number of likely N-dealkylation sites (tertiary alicyclic amines) is 1. The van der Waals surface area contributed by atoms with Gasteiger partial charge in [-0.1, -0.05) is 12.6 Å². The zero-order valence-electron chi connectivity index (χ0n) is 17.8. The van der Waals surface area contributed by atoms with Crippen LogP contribution in [0.25, 0.3) is 5.70 Å². The highest BCUT2D eigenvalue weighted by Crippen LogP contribution is 2.33. The van der Waals surface area contributed by atoms with E-state index in [4.69, 9.17) is 5.41 Å². The minimum Gasteiger partial charge on any atom is -0.392 e. The van der Waals surface area contributed by atoms with Gasteiger partial charge in [-0.15, -0.1) is 0 Å². The second kappa shape index (κ2) is 9.88. The molecule has 8 heteroatoms. The van der Waals surface area contributed by atoms with Gasteiger partial charge in [0.1, 0.15) is 5.70 Å². The number of aromatic nitrogens is 1. The van der Waals surface area contributed by atoms with Gasteiger partial charge in [0, 0.05) is 44.7 Å². The van der Waals surface area contributed by atoms with Crippen LogP contribution in [-0.4, -0.2) is 61.7 Å². The Morgan fingerprint density at radius 1 is 1.42 bits per heavy atom. The molecule has 0 aliphatic carbocycles. The summed E-state index contributed by atoms with van der Waals surface area (Å²) in [6, 6.07) is 5.60. The Labute approximate surface area is 181 Å². The van der Waals surface area contributed by atoms with Crippen LogP contribution in [0.5, 0.6) is 0 Å². The average molecular weight is 420 g/mol. The molecule has 0 radical (unpaired) electrons. The number of nitrogens with zero attached hydrogens (tertiary/aromatic N) is 5. The molecule has 1 saturated heterocycles. The standard InChI is InChI=1S/C23H26FN7/c1-15-17(9-11-31(15)4)16-12-21(29-13-16)20-7-5-6-19(30-20)18(27-3)8-10-28-22(14-26-2)23(24)25/h5-8,10,12,14,17,25-26H,1,3,9,11,13H2,2,4H3/b18-8-,22-14+,25-23?,28-10-/t17-/m1/s1. The summed E-state index contributed by atoms with van der Waals surface area (Å²) < 4.78 is 13.2. The van der Waals surface area contributed by atoms with Crippen LogP contribution in [0.1, 0.15) is 17.8 Å². The van der Waals surface area contributed by atoms with Crippen molar-refractivity contribution in [2.24, 2.45) is 20.9 Å². The molecule has 1 aromatic rings. The quantitative estimate of drug-likeness (QED) is 0.633. The summed E-state index contributed by atoms with van der Waals surface area (Å²) in [6.45, 7) is 9.47. The van der Waals surface area contributed by atoms with Crippen LogP contribution in [0.3, 0.4) is 0 Å². The molecule has 1 aromatic heterocycles. The number of nitrogens with one attached hydrogen (secondary N) is 2. The van der Waals surface area contributed by atoms with Crippen molar-refractivity contribution in [2.75, 3.05) is 27.2 Å². The first kappa shape index (κ1) is 22.0. The fourth-order valence-corrected chi connectivity index (χ4v) is 3.53. The molecule has 3 heterocycles. The summed E-state index contributed by atoms with van der Waals surface area (Å²) >= 11 is 0. The van der Waals surface area contributed by atoms with Crippen LogP contribution in [0, 0.1) is 11.3 Å². The first-order chi connectivity index (χ1) is 14.9. The largest absolute Gasteiger partial charge is 0.392 e. The van der Waals surface area contributed by atoms with Crippen molar-refractivity contribution in [3.05, 3.63) is 71.5 Å². The smallest absolute Gasteiger partial charge is 0.232 e. The maximum absolute atomic E-state index is 13.2. The number of halogens is 1. The molecule has 7 nitrogen and oxygen atoms in total. The van der Waals surface area contributed by atoms with Gasteiger partial charge in [-0.3, -0.25) is 20.4 Å². The van der Waals surface area contributed by atoms with E-state index in [2.05, 4.69) is 56.6 Å². The molecule has 0 aromatic carbocycles. The molecule has 0 spiro atoms. The Morgan fingerprint density at radius 2 is 2.23 bits per heavy atom. The van der Waals surface area contributed by atoms with E-state index in [0.29, 0.717) is 23.9 Å². The van der Waals surface area contributed by atoms with Crippen molar-refractivity contribution >= 4 is 30.3 Å². The number of hydrogen-bond donors (Lipinski definition) is 2. The number of allylic oxidation sites excluding steroid dienone is 4. The molecule has 0 bridgehead atoms. The van der Waals surface area contributed by atoms with Gasteiger partial charge in [-0.05, 0) is 43.0 Å². The van der Waals surface area contributed by atoms with Crippen LogP contribution in [0.2, 0.25) is 0 Å². The lowest BCUT2D eigenvalue weighted by Crippen LogP contribution is -2.12. The van der Waals surface area contributed by atoms with E-state index in [1.807, 2.05) is 18.2 Å². The number of pyridine rings is 1. The summed E-state index contributed by atoms with van der Waals surface area (Å²) in [5, 5.41) is 9.74. The Balaban J connectivity index is 1.81. The minimum atomic E-state index is -1.13. The minimum absolute atomic E-state index is 0.124. The molecular formula is C23H26FN7. The van der Waals surface area contributed by atoms with Crippen LogP contribution < -0.4 is 5.32 Å². The van der Waals surface area contributed by atoms with E-state index in [1.54, 1.807) is 13.1 Å². The Hall–Kier alpha value is -3.68. The van der Waals surface area contributed by atoms with Crippen molar-refractivity contribution in [1.82, 2.24) is 15.2 Å². The SMILES string of the molecule is C=N\C(=C/C=N\C(=C\NC)C(=N)F)c1cccc(C2=NCC([C@@H]3CCN(C)C3=C)=C2)n1. The van der Waals surface area contributed by atoms with Crippen molar-refractivity contribution in [2.45, 2.75) is 6.42 Å². The highest BCUT2D eigenvalue weighted by Gasteiger charge is 2.28. The third-order valence-corrected chi connectivity index (χ3v) is 5.24. The van der Waals surface area contributed by atoms with E-state index in [1.165, 1.54) is 18.0 Å². The second-order valence-electron chi connectivity index (χ2n) is 7.20. The van der Waals surface area contributed by atoms with Crippen LogP contribution in [0.15, 0.2) is 75.1 Å². The Morgan fingerprint density at radius 3 is 2.87 bits per heavy atom. The normalized spacial score (nSPS) is 19.6. The van der Waals surface area contributed by atoms with E-state index in [9.17, 15) is 4.39 Å². The predicted octanol–water partition coefficient (Wildman–Crippen LogP) is 3.40. The van der Waals surface area contributed by atoms with Gasteiger partial charge >= 0.3 is 0 Å². The topological polar surface area (TPSA) is 89.1 Å². The van der Waals surface area contributed by atoms with E-state index < -0.39 is 5.97 Å². The van der Waals surface area contributed by atoms with Crippen molar-refractivity contribution < 1.29 is 4.39 Å². The third kappa shape index (κ3) is 5.09. The molecular weight excluding hydrogens is 393 g/mol. The zero-order chi connectivity index (χ0) is 22.4. The molecule has 160 valence electrons. The van der Waals surface area contributed by atoms with Gasteiger partial charge in [0.25, 0.3) is 0 Å². The van der Waals surface area contributed by atoms with E-state index >= 15 is 0 Å². The van der Waals surface area contributed by atoms with Gasteiger partial charge in [0.2, 0.25) is 5.97 Å². The molecule has 0 amide bonds. The molecule has 0 saturated carbocycles. The summed E-state index contributed by atoms with van der Waals surface area (Å²) in [4.78, 5) is 19.5. The van der Waals surface area contributed by atoms with E-state index in [0.717, 1.165) is 30.1 Å². The highest BCUT2D eigenvalue weighted by molar-refractivity contribution is 6.09. The summed E-state index contributed by atoms with van der Waals surface area (Å²) in [7, 11) is 3.67. The maximum Gasteiger partial charge on any atom is 0.232 e. The van der Waals surface area contributed by atoms with Crippen LogP contribution in [0.4, 0.5) is 4.39 Å². The summed E-state index contributed by atoms with van der Waals surface area (Å²) in [5.74, 6) is -0.796. The van der Waals surface area contributed by atoms with Crippen molar-refractivity contribution in [3.8, 4) is 0 Å². The lowest BCUT2D eigenvalue weighted by molar-refractivity contribution is 0.480. The first-order valence-electron chi connectivity index (χ1n) is 9.90. The average Bonchev–Trinajstić information content (AvgIpc) is 3.37. The van der Waals surface area contributed by atoms with Gasteiger partial charge in [-0.2, -0.15) is 4.39 Å². The lowest BCUT2D eigenvalue weighted by Gasteiger charge is -2.16. The zero-order valence-corrected chi connectivity index (χ0v) is 17.8. The van der Waals surface area contributed by atoms with Crippen molar-refractivity contribution in [1.29, 1.82) is 5.41 Å². The molecule has 1 atom stereocenters. The van der Waals surface area contributed by atoms with E-state index in [-0.39, 0.29) is 5.70 Å². The molecule has 2 aliphatic heterocycles. The Bertz CT molecular complexity index is 1050. The second-order valence-corrected chi connectivity index (χ2v) is 7.20. The van der Waals surface area contributed by atoms with Gasteiger partial charge in [0.05, 0.1) is 29.3 Å². The molecule has 0 unspecified atom stereocenters. The summed E-state index contributed by atoms with van der Waals surface area (Å²) in [5.41, 5.74) is 4.94. The van der Waals surface area contributed by atoms with Gasteiger partial charge < -0.3 is 10.2 Å². The maximum atomic E-state index is 13.2. The van der Waals surface area contributed by atoms with Crippen LogP contribution in [-0.2, 0) is 0 Å². The number of rotatable bonds is 8. The fraction of sp³-hybridized carbons (Fsp3) is 0.261. The monoisotopic (exact) mass is 419 g/mol.